The first-order valence-electron chi connectivity index (χ1n) is 8.87. The van der Waals surface area contributed by atoms with Gasteiger partial charge in [0.2, 0.25) is 5.91 Å². The van der Waals surface area contributed by atoms with Crippen LogP contribution in [0.5, 0.6) is 17.2 Å². The van der Waals surface area contributed by atoms with E-state index in [2.05, 4.69) is 10.1 Å². The van der Waals surface area contributed by atoms with Crippen LogP contribution in [0.15, 0.2) is 42.5 Å². The molecule has 2 aromatic carbocycles. The molecule has 5 nitrogen and oxygen atoms in total. The highest BCUT2D eigenvalue weighted by Crippen LogP contribution is 2.33. The van der Waals surface area contributed by atoms with Gasteiger partial charge in [-0.1, -0.05) is 25.1 Å². The summed E-state index contributed by atoms with van der Waals surface area (Å²) in [5.74, 6) is 0.777. The van der Waals surface area contributed by atoms with Gasteiger partial charge in [-0.25, -0.2) is 0 Å². The Labute approximate surface area is 160 Å². The van der Waals surface area contributed by atoms with E-state index in [0.717, 1.165) is 5.56 Å². The van der Waals surface area contributed by atoms with Gasteiger partial charge in [0.05, 0.1) is 12.5 Å². The number of carbonyl (C=O) groups is 1. The Morgan fingerprint density at radius 3 is 2.43 bits per heavy atom. The highest BCUT2D eigenvalue weighted by Gasteiger charge is 2.31. The topological polar surface area (TPSA) is 56.8 Å². The molecule has 0 saturated heterocycles. The molecular formula is C20H20F3NO4. The lowest BCUT2D eigenvalue weighted by Crippen LogP contribution is -2.29. The zero-order valence-corrected chi connectivity index (χ0v) is 15.2. The van der Waals surface area contributed by atoms with E-state index in [4.69, 9.17) is 9.47 Å². The summed E-state index contributed by atoms with van der Waals surface area (Å²) in [6, 6.07) is 10.6. The van der Waals surface area contributed by atoms with E-state index in [0.29, 0.717) is 36.7 Å². The van der Waals surface area contributed by atoms with Crippen molar-refractivity contribution >= 4 is 5.91 Å². The molecule has 1 aliphatic heterocycles. The molecule has 0 fully saturated rings. The smallest absolute Gasteiger partial charge is 0.486 e. The van der Waals surface area contributed by atoms with Crippen molar-refractivity contribution < 1.29 is 32.2 Å². The van der Waals surface area contributed by atoms with E-state index < -0.39 is 6.36 Å². The van der Waals surface area contributed by atoms with Gasteiger partial charge in [-0.05, 0) is 41.8 Å². The first-order chi connectivity index (χ1) is 13.3. The summed E-state index contributed by atoms with van der Waals surface area (Å²) in [5, 5.41) is 2.94. The number of alkyl halides is 3. The Kier molecular flexibility index (Phi) is 5.96. The summed E-state index contributed by atoms with van der Waals surface area (Å²) < 4.78 is 51.5. The molecule has 1 aliphatic rings. The van der Waals surface area contributed by atoms with Crippen molar-refractivity contribution in [3.8, 4) is 17.2 Å². The van der Waals surface area contributed by atoms with Crippen LogP contribution in [0.1, 0.15) is 30.5 Å². The molecule has 1 heterocycles. The Bertz CT molecular complexity index is 821. The fraction of sp³-hybridized carbons (Fsp3) is 0.350. The van der Waals surface area contributed by atoms with Gasteiger partial charge in [-0.3, -0.25) is 4.79 Å². The van der Waals surface area contributed by atoms with Gasteiger partial charge in [0.25, 0.3) is 0 Å². The van der Waals surface area contributed by atoms with Crippen LogP contribution >= 0.6 is 0 Å². The quantitative estimate of drug-likeness (QED) is 0.798. The standard InChI is InChI=1S/C20H20F3NO4/c1-2-16(14-5-8-17-18(12-14)27-10-9-26-17)24-19(25)11-13-3-6-15(7-4-13)28-20(21,22)23/h3-8,12,16H,2,9-11H2,1H3,(H,24,25)/t16-/m1/s1. The van der Waals surface area contributed by atoms with E-state index in [9.17, 15) is 18.0 Å². The van der Waals surface area contributed by atoms with Gasteiger partial charge >= 0.3 is 6.36 Å². The zero-order chi connectivity index (χ0) is 20.1. The molecule has 0 aliphatic carbocycles. The van der Waals surface area contributed by atoms with Crippen LogP contribution in [0.4, 0.5) is 13.2 Å². The van der Waals surface area contributed by atoms with Crippen molar-refractivity contribution in [3.63, 3.8) is 0 Å². The second-order valence-electron chi connectivity index (χ2n) is 6.30. The van der Waals surface area contributed by atoms with E-state index in [-0.39, 0.29) is 24.1 Å². The number of benzene rings is 2. The minimum Gasteiger partial charge on any atom is -0.486 e. The van der Waals surface area contributed by atoms with Crippen molar-refractivity contribution in [2.45, 2.75) is 32.2 Å². The molecule has 0 unspecified atom stereocenters. The van der Waals surface area contributed by atoms with E-state index in [1.807, 2.05) is 25.1 Å². The van der Waals surface area contributed by atoms with E-state index >= 15 is 0 Å². The summed E-state index contributed by atoms with van der Waals surface area (Å²) in [4.78, 5) is 12.4. The maximum atomic E-state index is 12.4. The van der Waals surface area contributed by atoms with Gasteiger partial charge in [0.15, 0.2) is 11.5 Å². The number of hydrogen-bond acceptors (Lipinski definition) is 4. The lowest BCUT2D eigenvalue weighted by molar-refractivity contribution is -0.274. The predicted molar refractivity (Wildman–Crippen MR) is 95.4 cm³/mol. The number of hydrogen-bond donors (Lipinski definition) is 1. The second kappa shape index (κ2) is 8.41. The fourth-order valence-corrected chi connectivity index (χ4v) is 2.94. The summed E-state index contributed by atoms with van der Waals surface area (Å²) in [6.45, 7) is 2.94. The Balaban J connectivity index is 1.61. The molecule has 2 aromatic rings. The summed E-state index contributed by atoms with van der Waals surface area (Å²) >= 11 is 0. The van der Waals surface area contributed by atoms with E-state index in [1.165, 1.54) is 24.3 Å². The molecule has 0 bridgehead atoms. The van der Waals surface area contributed by atoms with Crippen LogP contribution < -0.4 is 19.5 Å². The third-order valence-corrected chi connectivity index (χ3v) is 4.23. The Morgan fingerprint density at radius 1 is 1.11 bits per heavy atom. The first kappa shape index (κ1) is 19.9. The van der Waals surface area contributed by atoms with E-state index in [1.54, 1.807) is 0 Å². The molecule has 1 amide bonds. The van der Waals surface area contributed by atoms with Crippen LogP contribution in [-0.2, 0) is 11.2 Å². The third kappa shape index (κ3) is 5.31. The SMILES string of the molecule is CC[C@@H](NC(=O)Cc1ccc(OC(F)(F)F)cc1)c1ccc2c(c1)OCCO2. The molecular weight excluding hydrogens is 375 g/mol. The molecule has 8 heteroatoms. The highest BCUT2D eigenvalue weighted by atomic mass is 19.4. The average molecular weight is 395 g/mol. The molecule has 3 rings (SSSR count). The number of ether oxygens (including phenoxy) is 3. The van der Waals surface area contributed by atoms with Gasteiger partial charge in [0.1, 0.15) is 19.0 Å². The second-order valence-corrected chi connectivity index (χ2v) is 6.30. The monoisotopic (exact) mass is 395 g/mol. The molecule has 150 valence electrons. The number of nitrogens with one attached hydrogen (secondary N) is 1. The van der Waals surface area contributed by atoms with Crippen LogP contribution in [0.25, 0.3) is 0 Å². The fourth-order valence-electron chi connectivity index (χ4n) is 2.94. The van der Waals surface area contributed by atoms with Gasteiger partial charge in [-0.15, -0.1) is 13.2 Å². The van der Waals surface area contributed by atoms with Crippen molar-refractivity contribution in [1.29, 1.82) is 0 Å². The first-order valence-corrected chi connectivity index (χ1v) is 8.87. The molecule has 0 spiro atoms. The zero-order valence-electron chi connectivity index (χ0n) is 15.2. The summed E-state index contributed by atoms with van der Waals surface area (Å²) in [5.41, 5.74) is 1.48. The number of halogens is 3. The number of rotatable bonds is 6. The van der Waals surface area contributed by atoms with Gasteiger partial charge in [-0.2, -0.15) is 0 Å². The average Bonchev–Trinajstić information content (AvgIpc) is 2.66. The van der Waals surface area contributed by atoms with Crippen molar-refractivity contribution in [1.82, 2.24) is 5.32 Å². The van der Waals surface area contributed by atoms with Crippen LogP contribution in [0, 0.1) is 0 Å². The molecule has 1 N–H and O–H groups in total. The number of carbonyl (C=O) groups excluding carboxylic acids is 1. The third-order valence-electron chi connectivity index (χ3n) is 4.23. The summed E-state index contributed by atoms with van der Waals surface area (Å²) in [7, 11) is 0. The summed E-state index contributed by atoms with van der Waals surface area (Å²) in [6.07, 6.45) is -4.02. The van der Waals surface area contributed by atoms with Crippen molar-refractivity contribution in [2.75, 3.05) is 13.2 Å². The molecule has 0 aromatic heterocycles. The lowest BCUT2D eigenvalue weighted by Gasteiger charge is -2.22. The molecule has 0 saturated carbocycles. The van der Waals surface area contributed by atoms with Gasteiger partial charge < -0.3 is 19.5 Å². The maximum Gasteiger partial charge on any atom is 0.573 e. The molecule has 0 radical (unpaired) electrons. The normalized spacial score (nSPS) is 14.3. The lowest BCUT2D eigenvalue weighted by atomic mass is 10.0. The highest BCUT2D eigenvalue weighted by molar-refractivity contribution is 5.79. The van der Waals surface area contributed by atoms with Crippen molar-refractivity contribution in [3.05, 3.63) is 53.6 Å². The molecule has 28 heavy (non-hydrogen) atoms. The minimum atomic E-state index is -4.74. The maximum absolute atomic E-state index is 12.4. The van der Waals surface area contributed by atoms with Crippen molar-refractivity contribution in [2.24, 2.45) is 0 Å². The number of fused-ring (bicyclic) bond motifs is 1. The Hall–Kier alpha value is -2.90. The molecule has 1 atom stereocenters. The van der Waals surface area contributed by atoms with Crippen LogP contribution in [-0.4, -0.2) is 25.5 Å². The minimum absolute atomic E-state index is 0.0490. The van der Waals surface area contributed by atoms with Crippen LogP contribution in [0.2, 0.25) is 0 Å². The largest absolute Gasteiger partial charge is 0.573 e. The Morgan fingerprint density at radius 2 is 1.79 bits per heavy atom. The number of amides is 1. The van der Waals surface area contributed by atoms with Gasteiger partial charge in [0, 0.05) is 0 Å². The van der Waals surface area contributed by atoms with Crippen LogP contribution in [0.3, 0.4) is 0 Å². The predicted octanol–water partition coefficient (Wildman–Crippen LogP) is 4.17.